The third kappa shape index (κ3) is 3.57. The van der Waals surface area contributed by atoms with Crippen LogP contribution in [-0.2, 0) is 6.54 Å². The second-order valence-electron chi connectivity index (χ2n) is 4.48. The van der Waals surface area contributed by atoms with E-state index in [1.165, 1.54) is 12.1 Å². The third-order valence-electron chi connectivity index (χ3n) is 3.09. The van der Waals surface area contributed by atoms with E-state index >= 15 is 0 Å². The van der Waals surface area contributed by atoms with E-state index in [9.17, 15) is 8.78 Å². The van der Waals surface area contributed by atoms with Gasteiger partial charge < -0.3 is 5.32 Å². The van der Waals surface area contributed by atoms with Crippen molar-refractivity contribution in [3.05, 3.63) is 68.7 Å². The van der Waals surface area contributed by atoms with E-state index in [0.29, 0.717) is 5.02 Å². The van der Waals surface area contributed by atoms with E-state index in [4.69, 9.17) is 11.6 Å². The molecule has 2 aromatic rings. The summed E-state index contributed by atoms with van der Waals surface area (Å²) in [5, 5.41) is 3.76. The smallest absolute Gasteiger partial charge is 0.144 e. The van der Waals surface area contributed by atoms with Crippen LogP contribution in [0, 0.1) is 11.6 Å². The fourth-order valence-corrected chi connectivity index (χ4v) is 2.35. The van der Waals surface area contributed by atoms with Gasteiger partial charge in [-0.3, -0.25) is 0 Å². The molecule has 0 aliphatic heterocycles. The summed E-state index contributed by atoms with van der Waals surface area (Å²) in [6.07, 6.45) is 0. The summed E-state index contributed by atoms with van der Waals surface area (Å²) in [5.74, 6) is -1.12. The Morgan fingerprint density at radius 2 is 1.80 bits per heavy atom. The number of rotatable bonds is 4. The lowest BCUT2D eigenvalue weighted by Gasteiger charge is -2.15. The van der Waals surface area contributed by atoms with Crippen molar-refractivity contribution in [2.75, 3.05) is 0 Å². The summed E-state index contributed by atoms with van der Waals surface area (Å²) in [7, 11) is 0. The number of hydrogen-bond acceptors (Lipinski definition) is 1. The topological polar surface area (TPSA) is 12.0 Å². The standard InChI is InChI=1S/C15H13BrClF2N/c1-9(10-2-4-11(17)5-3-10)20-8-12-14(18)7-6-13(16)15(12)19/h2-7,9,20H,8H2,1H3. The Morgan fingerprint density at radius 1 is 1.15 bits per heavy atom. The maximum absolute atomic E-state index is 13.8. The van der Waals surface area contributed by atoms with Crippen molar-refractivity contribution in [3.63, 3.8) is 0 Å². The van der Waals surface area contributed by atoms with Crippen molar-refractivity contribution in [3.8, 4) is 0 Å². The highest BCUT2D eigenvalue weighted by atomic mass is 79.9. The minimum absolute atomic E-state index is 0.0280. The van der Waals surface area contributed by atoms with Gasteiger partial charge in [0.2, 0.25) is 0 Å². The number of benzene rings is 2. The van der Waals surface area contributed by atoms with E-state index in [1.807, 2.05) is 19.1 Å². The summed E-state index contributed by atoms with van der Waals surface area (Å²) in [4.78, 5) is 0. The van der Waals surface area contributed by atoms with Gasteiger partial charge in [-0.05, 0) is 52.7 Å². The van der Waals surface area contributed by atoms with Gasteiger partial charge in [0.1, 0.15) is 11.6 Å². The molecule has 0 amide bonds. The van der Waals surface area contributed by atoms with E-state index < -0.39 is 11.6 Å². The average molecular weight is 361 g/mol. The van der Waals surface area contributed by atoms with Crippen molar-refractivity contribution < 1.29 is 8.78 Å². The monoisotopic (exact) mass is 359 g/mol. The quantitative estimate of drug-likeness (QED) is 0.736. The summed E-state index contributed by atoms with van der Waals surface area (Å²) < 4.78 is 27.7. The van der Waals surface area contributed by atoms with Crippen LogP contribution in [0.25, 0.3) is 0 Å². The molecular weight excluding hydrogens is 348 g/mol. The Bertz CT molecular complexity index is 602. The van der Waals surface area contributed by atoms with Crippen molar-refractivity contribution in [2.45, 2.75) is 19.5 Å². The normalized spacial score (nSPS) is 12.4. The van der Waals surface area contributed by atoms with Crippen LogP contribution in [0.2, 0.25) is 5.02 Å². The van der Waals surface area contributed by atoms with E-state index in [0.717, 1.165) is 5.56 Å². The molecule has 20 heavy (non-hydrogen) atoms. The molecule has 0 fully saturated rings. The van der Waals surface area contributed by atoms with Crippen molar-refractivity contribution >= 4 is 27.5 Å². The average Bonchev–Trinajstić information content (AvgIpc) is 2.43. The number of hydrogen-bond donors (Lipinski definition) is 1. The van der Waals surface area contributed by atoms with Gasteiger partial charge in [0.25, 0.3) is 0 Å². The largest absolute Gasteiger partial charge is 0.306 e. The molecular formula is C15H13BrClF2N. The predicted molar refractivity (Wildman–Crippen MR) is 80.8 cm³/mol. The lowest BCUT2D eigenvalue weighted by molar-refractivity contribution is 0.506. The first-order valence-corrected chi connectivity index (χ1v) is 7.27. The number of halogens is 4. The molecule has 2 aromatic carbocycles. The van der Waals surface area contributed by atoms with E-state index in [1.54, 1.807) is 12.1 Å². The second-order valence-corrected chi connectivity index (χ2v) is 5.77. The van der Waals surface area contributed by atoms with Gasteiger partial charge in [0, 0.05) is 23.2 Å². The van der Waals surface area contributed by atoms with Crippen LogP contribution < -0.4 is 5.32 Å². The van der Waals surface area contributed by atoms with Gasteiger partial charge in [0.15, 0.2) is 0 Å². The van der Waals surface area contributed by atoms with Gasteiger partial charge in [-0.25, -0.2) is 8.78 Å². The zero-order valence-corrected chi connectivity index (χ0v) is 13.1. The first-order valence-electron chi connectivity index (χ1n) is 6.10. The Morgan fingerprint density at radius 3 is 2.45 bits per heavy atom. The highest BCUT2D eigenvalue weighted by Gasteiger charge is 2.13. The molecule has 0 bridgehead atoms. The molecule has 1 nitrogen and oxygen atoms in total. The molecule has 1 unspecified atom stereocenters. The summed E-state index contributed by atoms with van der Waals surface area (Å²) in [6, 6.07) is 9.91. The van der Waals surface area contributed by atoms with Crippen LogP contribution >= 0.6 is 27.5 Å². The molecule has 0 heterocycles. The maximum Gasteiger partial charge on any atom is 0.144 e. The molecule has 0 aliphatic carbocycles. The summed E-state index contributed by atoms with van der Waals surface area (Å²) in [6.45, 7) is 2.04. The zero-order chi connectivity index (χ0) is 14.7. The van der Waals surface area contributed by atoms with Gasteiger partial charge in [-0.1, -0.05) is 23.7 Å². The fourth-order valence-electron chi connectivity index (χ4n) is 1.86. The van der Waals surface area contributed by atoms with Gasteiger partial charge in [-0.2, -0.15) is 0 Å². The van der Waals surface area contributed by atoms with Gasteiger partial charge in [0.05, 0.1) is 4.47 Å². The molecule has 0 radical (unpaired) electrons. The SMILES string of the molecule is CC(NCc1c(F)ccc(Br)c1F)c1ccc(Cl)cc1. The molecule has 1 N–H and O–H groups in total. The Balaban J connectivity index is 2.09. The van der Waals surface area contributed by atoms with Crippen LogP contribution in [0.3, 0.4) is 0 Å². The molecule has 2 rings (SSSR count). The van der Waals surface area contributed by atoms with Gasteiger partial charge in [-0.15, -0.1) is 0 Å². The molecule has 1 atom stereocenters. The lowest BCUT2D eigenvalue weighted by Crippen LogP contribution is -2.19. The van der Waals surface area contributed by atoms with Gasteiger partial charge >= 0.3 is 0 Å². The van der Waals surface area contributed by atoms with Crippen LogP contribution in [0.5, 0.6) is 0 Å². The van der Waals surface area contributed by atoms with E-state index in [-0.39, 0.29) is 22.6 Å². The fraction of sp³-hybridized carbons (Fsp3) is 0.200. The molecule has 0 spiro atoms. The third-order valence-corrected chi connectivity index (χ3v) is 3.96. The van der Waals surface area contributed by atoms with E-state index in [2.05, 4.69) is 21.2 Å². The molecule has 0 aliphatic rings. The van der Waals surface area contributed by atoms with Crippen molar-refractivity contribution in [1.29, 1.82) is 0 Å². The van der Waals surface area contributed by atoms with Crippen LogP contribution in [0.15, 0.2) is 40.9 Å². The molecule has 5 heteroatoms. The maximum atomic E-state index is 13.8. The minimum Gasteiger partial charge on any atom is -0.306 e. The predicted octanol–water partition coefficient (Wildman–Crippen LogP) is 5.23. The molecule has 0 aromatic heterocycles. The summed E-state index contributed by atoms with van der Waals surface area (Å²) in [5.41, 5.74) is 1.03. The first-order chi connectivity index (χ1) is 9.49. The Hall–Kier alpha value is -0.970. The number of nitrogens with one attached hydrogen (secondary N) is 1. The lowest BCUT2D eigenvalue weighted by atomic mass is 10.1. The Labute approximate surface area is 130 Å². The minimum atomic E-state index is -0.569. The Kier molecular flexibility index (Phi) is 5.13. The highest BCUT2D eigenvalue weighted by molar-refractivity contribution is 9.10. The second kappa shape index (κ2) is 6.66. The van der Waals surface area contributed by atoms with Crippen LogP contribution in [0.4, 0.5) is 8.78 Å². The van der Waals surface area contributed by atoms with Crippen LogP contribution in [0.1, 0.15) is 24.1 Å². The zero-order valence-electron chi connectivity index (χ0n) is 10.8. The highest BCUT2D eigenvalue weighted by Crippen LogP contribution is 2.23. The molecule has 106 valence electrons. The summed E-state index contributed by atoms with van der Waals surface area (Å²) >= 11 is 8.88. The van der Waals surface area contributed by atoms with Crippen molar-refractivity contribution in [2.24, 2.45) is 0 Å². The molecule has 0 saturated heterocycles. The first kappa shape index (κ1) is 15.4. The van der Waals surface area contributed by atoms with Crippen LogP contribution in [-0.4, -0.2) is 0 Å². The van der Waals surface area contributed by atoms with Crippen molar-refractivity contribution in [1.82, 2.24) is 5.32 Å². The molecule has 0 saturated carbocycles.